The summed E-state index contributed by atoms with van der Waals surface area (Å²) in [5.74, 6) is -1.36. The van der Waals surface area contributed by atoms with Crippen molar-refractivity contribution >= 4 is 94.8 Å². The molecule has 0 bridgehead atoms. The van der Waals surface area contributed by atoms with Gasteiger partial charge in [-0.15, -0.1) is 0 Å². The first-order valence-corrected chi connectivity index (χ1v) is 13.9. The molecule has 2 unspecified atom stereocenters. The quantitative estimate of drug-likeness (QED) is 0.400. The van der Waals surface area contributed by atoms with Gasteiger partial charge < -0.3 is 10.0 Å². The summed E-state index contributed by atoms with van der Waals surface area (Å²) in [6.07, 6.45) is 3.76. The number of aromatic nitrogens is 1. The zero-order chi connectivity index (χ0) is 21.6. The van der Waals surface area contributed by atoms with E-state index in [0.717, 1.165) is 24.7 Å². The van der Waals surface area contributed by atoms with E-state index in [9.17, 15) is 22.9 Å². The number of fused-ring (bicyclic) bond motifs is 2. The Morgan fingerprint density at radius 3 is 2.83 bits per heavy atom. The molecule has 30 heavy (non-hydrogen) atoms. The van der Waals surface area contributed by atoms with Crippen molar-refractivity contribution in [2.75, 3.05) is 12.3 Å². The third-order valence-corrected chi connectivity index (χ3v) is 9.76. The maximum Gasteiger partial charge on any atom is 0.370 e. The SMILES string of the molecule is O=C(O)C[n+]1c(/C=C2\SC3SC(Cl)=CC3N2CCS(=O)(=O)O)sc2ccc(Br)cc21. The van der Waals surface area contributed by atoms with Crippen LogP contribution in [-0.4, -0.2) is 51.9 Å². The smallest absolute Gasteiger partial charge is 0.370 e. The minimum atomic E-state index is -4.12. The van der Waals surface area contributed by atoms with Gasteiger partial charge in [-0.3, -0.25) is 4.55 Å². The second-order valence-corrected chi connectivity index (χ2v) is 13.4. The van der Waals surface area contributed by atoms with Crippen LogP contribution in [0.25, 0.3) is 16.3 Å². The van der Waals surface area contributed by atoms with Gasteiger partial charge in [0.25, 0.3) is 15.1 Å². The van der Waals surface area contributed by atoms with E-state index in [-0.39, 0.29) is 23.7 Å². The van der Waals surface area contributed by atoms with Crippen LogP contribution < -0.4 is 4.57 Å². The highest BCUT2D eigenvalue weighted by Gasteiger charge is 2.42. The lowest BCUT2D eigenvalue weighted by atomic mass is 10.3. The summed E-state index contributed by atoms with van der Waals surface area (Å²) in [5.41, 5.74) is 0.800. The third-order valence-electron chi connectivity index (χ3n) is 4.51. The second kappa shape index (κ2) is 8.64. The van der Waals surface area contributed by atoms with Gasteiger partial charge in [0.05, 0.1) is 31.8 Å². The number of nitrogens with zero attached hydrogens (tertiary/aromatic N) is 2. The predicted molar refractivity (Wildman–Crippen MR) is 125 cm³/mol. The van der Waals surface area contributed by atoms with E-state index < -0.39 is 21.8 Å². The van der Waals surface area contributed by atoms with Gasteiger partial charge in [-0.2, -0.15) is 13.0 Å². The van der Waals surface area contributed by atoms with Gasteiger partial charge in [0.2, 0.25) is 12.1 Å². The van der Waals surface area contributed by atoms with Crippen molar-refractivity contribution in [2.24, 2.45) is 0 Å². The summed E-state index contributed by atoms with van der Waals surface area (Å²) in [7, 11) is -4.12. The van der Waals surface area contributed by atoms with Gasteiger partial charge in [0.1, 0.15) is 4.70 Å². The Balaban J connectivity index is 1.76. The largest absolute Gasteiger partial charge is 0.477 e. The van der Waals surface area contributed by atoms with Crippen molar-refractivity contribution in [1.29, 1.82) is 0 Å². The average molecular weight is 571 g/mol. The van der Waals surface area contributed by atoms with Gasteiger partial charge in [0.15, 0.2) is 0 Å². The first-order valence-electron chi connectivity index (χ1n) is 8.58. The molecule has 160 valence electrons. The van der Waals surface area contributed by atoms with E-state index in [1.807, 2.05) is 35.3 Å². The molecule has 13 heteroatoms. The van der Waals surface area contributed by atoms with Gasteiger partial charge in [0, 0.05) is 17.1 Å². The van der Waals surface area contributed by atoms with Crippen LogP contribution in [0.1, 0.15) is 5.01 Å². The Morgan fingerprint density at radius 2 is 2.13 bits per heavy atom. The first kappa shape index (κ1) is 22.4. The van der Waals surface area contributed by atoms with E-state index in [1.54, 1.807) is 16.3 Å². The summed E-state index contributed by atoms with van der Waals surface area (Å²) in [4.78, 5) is 13.4. The summed E-state index contributed by atoms with van der Waals surface area (Å²) in [6.45, 7) is -0.0893. The number of aliphatic carboxylic acids is 1. The number of halogens is 2. The molecule has 1 aromatic heterocycles. The fourth-order valence-corrected chi connectivity index (χ4v) is 8.51. The van der Waals surface area contributed by atoms with Gasteiger partial charge in [-0.25, -0.2) is 4.79 Å². The predicted octanol–water partition coefficient (Wildman–Crippen LogP) is 3.79. The fourth-order valence-electron chi connectivity index (χ4n) is 3.27. The van der Waals surface area contributed by atoms with E-state index in [0.29, 0.717) is 4.36 Å². The molecule has 4 rings (SSSR count). The van der Waals surface area contributed by atoms with Crippen molar-refractivity contribution < 1.29 is 27.4 Å². The molecule has 0 aliphatic carbocycles. The zero-order valence-corrected chi connectivity index (χ0v) is 20.7. The Morgan fingerprint density at radius 1 is 1.37 bits per heavy atom. The molecule has 0 amide bonds. The molecule has 2 atom stereocenters. The van der Waals surface area contributed by atoms with Crippen LogP contribution in [-0.2, 0) is 21.5 Å². The Kier molecular flexibility index (Phi) is 6.46. The summed E-state index contributed by atoms with van der Waals surface area (Å²) in [5, 5.41) is 11.0. The van der Waals surface area contributed by atoms with Crippen molar-refractivity contribution in [2.45, 2.75) is 17.2 Å². The van der Waals surface area contributed by atoms with Crippen LogP contribution in [0.15, 0.2) is 38.1 Å². The molecule has 0 spiro atoms. The summed E-state index contributed by atoms with van der Waals surface area (Å²) >= 11 is 14.1. The molecule has 2 aliphatic rings. The topological polar surface area (TPSA) is 98.8 Å². The molecule has 2 aliphatic heterocycles. The minimum Gasteiger partial charge on any atom is -0.477 e. The van der Waals surface area contributed by atoms with Crippen molar-refractivity contribution in [3.63, 3.8) is 0 Å². The normalized spacial score (nSPS) is 22.7. The van der Waals surface area contributed by atoms with Crippen LogP contribution in [0.4, 0.5) is 0 Å². The zero-order valence-electron chi connectivity index (χ0n) is 15.1. The van der Waals surface area contributed by atoms with Crippen molar-refractivity contribution in [1.82, 2.24) is 4.90 Å². The number of carboxylic acid groups (broad SMARTS) is 1. The standard InChI is InChI=1S/C17H14BrClN2O5S4/c18-9-1-2-12-10(5-9)21(8-16(22)23)15(27-12)7-14-20(3-4-30(24,25)26)11-6-13(19)28-17(11)29-14/h1-2,5-7,11,17H,3-4,8H2,(H-,22,23,24,25,26)/p+1. The lowest BCUT2D eigenvalue weighted by molar-refractivity contribution is -0.657. The highest BCUT2D eigenvalue weighted by molar-refractivity contribution is 9.10. The van der Waals surface area contributed by atoms with Gasteiger partial charge >= 0.3 is 5.97 Å². The van der Waals surface area contributed by atoms with Crippen LogP contribution in [0, 0.1) is 0 Å². The monoisotopic (exact) mass is 569 g/mol. The lowest BCUT2D eigenvalue weighted by Gasteiger charge is -2.23. The van der Waals surface area contributed by atoms with Gasteiger partial charge in [-0.1, -0.05) is 62.4 Å². The van der Waals surface area contributed by atoms with E-state index in [1.165, 1.54) is 23.1 Å². The highest BCUT2D eigenvalue weighted by atomic mass is 79.9. The number of benzene rings is 1. The van der Waals surface area contributed by atoms with E-state index >= 15 is 0 Å². The van der Waals surface area contributed by atoms with Crippen LogP contribution in [0.5, 0.6) is 0 Å². The number of thiazole rings is 1. The molecule has 2 aromatic rings. The molecule has 0 radical (unpaired) electrons. The molecule has 2 N–H and O–H groups in total. The van der Waals surface area contributed by atoms with Crippen molar-refractivity contribution in [3.8, 4) is 0 Å². The maximum absolute atomic E-state index is 11.5. The lowest BCUT2D eigenvalue weighted by Crippen LogP contribution is -2.39. The molecule has 1 saturated heterocycles. The van der Waals surface area contributed by atoms with Crippen LogP contribution in [0.2, 0.25) is 0 Å². The maximum atomic E-state index is 11.5. The van der Waals surface area contributed by atoms with Crippen molar-refractivity contribution in [3.05, 3.63) is 43.1 Å². The molecular weight excluding hydrogens is 556 g/mol. The van der Waals surface area contributed by atoms with Crippen LogP contribution >= 0.6 is 62.4 Å². The second-order valence-electron chi connectivity index (χ2n) is 6.56. The molecule has 0 saturated carbocycles. The number of hydrogen-bond acceptors (Lipinski definition) is 7. The number of thioether (sulfide) groups is 2. The third kappa shape index (κ3) is 4.84. The Hall–Kier alpha value is -0.760. The number of carboxylic acids is 1. The van der Waals surface area contributed by atoms with Crippen LogP contribution in [0.3, 0.4) is 0 Å². The fraction of sp³-hybridized carbons (Fsp3) is 0.294. The highest BCUT2D eigenvalue weighted by Crippen LogP contribution is 2.53. The van der Waals surface area contributed by atoms with Gasteiger partial charge in [-0.05, 0) is 18.2 Å². The average Bonchev–Trinajstić information content (AvgIpc) is 3.24. The first-order chi connectivity index (χ1) is 14.1. The van der Waals surface area contributed by atoms with E-state index in [2.05, 4.69) is 15.9 Å². The summed E-state index contributed by atoms with van der Waals surface area (Å²) in [6, 6.07) is 5.60. The Labute approximate surface area is 198 Å². The minimum absolute atomic E-state index is 0.0709. The molecular formula is C17H15BrClN2O5S4+. The molecule has 3 heterocycles. The Bertz CT molecular complexity index is 1200. The molecule has 1 fully saturated rings. The number of rotatable bonds is 6. The van der Waals surface area contributed by atoms with E-state index in [4.69, 9.17) is 11.6 Å². The molecule has 7 nitrogen and oxygen atoms in total. The molecule has 1 aromatic carbocycles. The summed E-state index contributed by atoms with van der Waals surface area (Å²) < 4.78 is 36.1. The number of hydrogen-bond donors (Lipinski definition) is 2. The number of carbonyl (C=O) groups is 1.